The summed E-state index contributed by atoms with van der Waals surface area (Å²) in [5.74, 6) is -0.935. The molecule has 0 fully saturated rings. The number of rotatable bonds is 1. The van der Waals surface area contributed by atoms with Crippen molar-refractivity contribution in [1.29, 1.82) is 0 Å². The predicted octanol–water partition coefficient (Wildman–Crippen LogP) is -0.750. The topological polar surface area (TPSA) is 66.7 Å². The van der Waals surface area contributed by atoms with E-state index in [0.717, 1.165) is 0 Å². The quantitative estimate of drug-likeness (QED) is 0.237. The van der Waals surface area contributed by atoms with E-state index in [1.807, 2.05) is 0 Å². The van der Waals surface area contributed by atoms with Gasteiger partial charge in [-0.1, -0.05) is 6.58 Å². The number of isocyanates is 1. The van der Waals surface area contributed by atoms with Gasteiger partial charge in [0.2, 0.25) is 6.08 Å². The Morgan fingerprint density at radius 3 is 2.00 bits per heavy atom. The lowest BCUT2D eigenvalue weighted by atomic mass is 10.4. The average molecular weight is 159 g/mol. The summed E-state index contributed by atoms with van der Waals surface area (Å²) >= 11 is 0. The number of carbonyl (C=O) groups is 1. The second kappa shape index (κ2) is 7.81. The standard InChI is InChI=1S/C4H6O2.CH3NOSi/c1-3(2)4(5)6;3-1-2-4/h1H2,2H3,(H,5,6);4H3. The van der Waals surface area contributed by atoms with Gasteiger partial charge in [0.1, 0.15) is 0 Å². The molecule has 0 bridgehead atoms. The Labute approximate surface area is 61.8 Å². The van der Waals surface area contributed by atoms with Crippen molar-refractivity contribution in [1.82, 2.24) is 0 Å². The molecule has 0 saturated carbocycles. The second-order valence-corrected chi connectivity index (χ2v) is 1.85. The fourth-order valence-electron chi connectivity index (χ4n) is 0. The van der Waals surface area contributed by atoms with Gasteiger partial charge in [0.25, 0.3) is 0 Å². The van der Waals surface area contributed by atoms with Crippen molar-refractivity contribution >= 4 is 22.5 Å². The normalized spacial score (nSPS) is 6.50. The first kappa shape index (κ1) is 11.6. The fourth-order valence-corrected chi connectivity index (χ4v) is 0. The third kappa shape index (κ3) is 15.8. The summed E-state index contributed by atoms with van der Waals surface area (Å²) in [5.41, 5.74) is 0.176. The summed E-state index contributed by atoms with van der Waals surface area (Å²) in [4.78, 5) is 18.5. The fraction of sp³-hybridized carbons (Fsp3) is 0.200. The van der Waals surface area contributed by atoms with Gasteiger partial charge in [0, 0.05) is 5.57 Å². The molecular formula is C5H9NO3Si. The molecule has 0 aromatic heterocycles. The largest absolute Gasteiger partial charge is 0.478 e. The third-order valence-corrected chi connectivity index (χ3v) is 0.639. The average Bonchev–Trinajstić information content (AvgIpc) is 1.89. The van der Waals surface area contributed by atoms with Gasteiger partial charge in [-0.3, -0.25) is 4.66 Å². The van der Waals surface area contributed by atoms with Crippen LogP contribution in [-0.2, 0) is 9.59 Å². The molecule has 0 saturated heterocycles. The number of aliphatic carboxylic acids is 1. The van der Waals surface area contributed by atoms with Crippen LogP contribution in [0.5, 0.6) is 0 Å². The van der Waals surface area contributed by atoms with Crippen LogP contribution in [0.3, 0.4) is 0 Å². The van der Waals surface area contributed by atoms with E-state index < -0.39 is 5.97 Å². The van der Waals surface area contributed by atoms with Gasteiger partial charge in [-0.05, 0) is 6.92 Å². The number of carbonyl (C=O) groups excluding carboxylic acids is 1. The van der Waals surface area contributed by atoms with Crippen molar-refractivity contribution < 1.29 is 14.7 Å². The molecule has 0 aromatic carbocycles. The lowest BCUT2D eigenvalue weighted by Gasteiger charge is -1.79. The molecule has 5 heteroatoms. The van der Waals surface area contributed by atoms with Gasteiger partial charge in [-0.25, -0.2) is 9.59 Å². The molecule has 0 spiro atoms. The van der Waals surface area contributed by atoms with E-state index in [1.165, 1.54) is 13.0 Å². The molecule has 10 heavy (non-hydrogen) atoms. The summed E-state index contributed by atoms with van der Waals surface area (Å²) in [6, 6.07) is 0. The van der Waals surface area contributed by atoms with Gasteiger partial charge in [-0.2, -0.15) is 0 Å². The summed E-state index contributed by atoms with van der Waals surface area (Å²) in [6.07, 6.45) is 1.37. The Bertz CT molecular complexity index is 160. The van der Waals surface area contributed by atoms with Crippen LogP contribution < -0.4 is 0 Å². The lowest BCUT2D eigenvalue weighted by molar-refractivity contribution is -0.132. The van der Waals surface area contributed by atoms with Gasteiger partial charge in [0.05, 0.1) is 0 Å². The molecule has 0 radical (unpaired) electrons. The van der Waals surface area contributed by atoms with Crippen molar-refractivity contribution in [3.63, 3.8) is 0 Å². The van der Waals surface area contributed by atoms with E-state index >= 15 is 0 Å². The molecule has 0 aromatic rings. The first-order valence-corrected chi connectivity index (χ1v) is 3.30. The van der Waals surface area contributed by atoms with Crippen LogP contribution in [0.4, 0.5) is 0 Å². The number of carboxylic acids is 1. The molecule has 0 aliphatic carbocycles. The monoisotopic (exact) mass is 159 g/mol. The minimum Gasteiger partial charge on any atom is -0.478 e. The molecule has 1 N–H and O–H groups in total. The zero-order valence-electron chi connectivity index (χ0n) is 5.92. The van der Waals surface area contributed by atoms with Crippen LogP contribution in [0, 0.1) is 0 Å². The second-order valence-electron chi connectivity index (χ2n) is 1.40. The number of hydrogen-bond donors (Lipinski definition) is 1. The summed E-state index contributed by atoms with van der Waals surface area (Å²) < 4.78 is 3.07. The first-order chi connectivity index (χ1) is 4.56. The zero-order valence-corrected chi connectivity index (χ0v) is 7.92. The maximum Gasteiger partial charge on any atom is 0.330 e. The lowest BCUT2D eigenvalue weighted by Crippen LogP contribution is -1.92. The van der Waals surface area contributed by atoms with Crippen molar-refractivity contribution in [3.8, 4) is 0 Å². The van der Waals surface area contributed by atoms with Gasteiger partial charge in [0.15, 0.2) is 10.4 Å². The minimum absolute atomic E-state index is 0.176. The molecule has 4 nitrogen and oxygen atoms in total. The van der Waals surface area contributed by atoms with Crippen molar-refractivity contribution in [3.05, 3.63) is 12.2 Å². The van der Waals surface area contributed by atoms with E-state index in [2.05, 4.69) is 11.2 Å². The highest BCUT2D eigenvalue weighted by molar-refractivity contribution is 6.07. The first-order valence-electron chi connectivity index (χ1n) is 2.41. The minimum atomic E-state index is -0.935. The SMILES string of the molecule is C=C(C)C(=O)O.O=C=N[SiH3]. The molecule has 0 rings (SSSR count). The van der Waals surface area contributed by atoms with Crippen LogP contribution >= 0.6 is 0 Å². The van der Waals surface area contributed by atoms with E-state index in [4.69, 9.17) is 9.90 Å². The summed E-state index contributed by atoms with van der Waals surface area (Å²) in [5, 5.41) is 7.89. The molecule has 56 valence electrons. The van der Waals surface area contributed by atoms with Crippen molar-refractivity contribution in [2.75, 3.05) is 0 Å². The van der Waals surface area contributed by atoms with E-state index in [9.17, 15) is 4.79 Å². The summed E-state index contributed by atoms with van der Waals surface area (Å²) in [7, 11) is 0.591. The molecular weight excluding hydrogens is 150 g/mol. The van der Waals surface area contributed by atoms with Crippen LogP contribution in [0.25, 0.3) is 0 Å². The van der Waals surface area contributed by atoms with Gasteiger partial charge < -0.3 is 5.11 Å². The Morgan fingerprint density at radius 1 is 1.80 bits per heavy atom. The zero-order chi connectivity index (χ0) is 8.57. The third-order valence-electron chi connectivity index (χ3n) is 0.456. The number of carboxylic acid groups (broad SMARTS) is 1. The highest BCUT2D eigenvalue weighted by Crippen LogP contribution is 1.81. The highest BCUT2D eigenvalue weighted by Gasteiger charge is 1.90. The Balaban J connectivity index is 0. The number of hydrogen-bond acceptors (Lipinski definition) is 3. The molecule has 0 amide bonds. The molecule has 0 heterocycles. The van der Waals surface area contributed by atoms with E-state index in [-0.39, 0.29) is 5.57 Å². The van der Waals surface area contributed by atoms with Gasteiger partial charge >= 0.3 is 5.97 Å². The maximum atomic E-state index is 9.60. The van der Waals surface area contributed by atoms with Crippen molar-refractivity contribution in [2.24, 2.45) is 4.66 Å². The molecule has 0 unspecified atom stereocenters. The van der Waals surface area contributed by atoms with Crippen LogP contribution in [-0.4, -0.2) is 27.6 Å². The Morgan fingerprint density at radius 2 is 2.00 bits per heavy atom. The molecule has 0 aliphatic rings. The van der Waals surface area contributed by atoms with E-state index in [1.54, 1.807) is 0 Å². The van der Waals surface area contributed by atoms with Crippen LogP contribution in [0.1, 0.15) is 6.92 Å². The van der Waals surface area contributed by atoms with Crippen LogP contribution in [0.2, 0.25) is 0 Å². The maximum absolute atomic E-state index is 9.60. The summed E-state index contributed by atoms with van der Waals surface area (Å²) in [6.45, 7) is 4.60. The number of nitrogens with zero attached hydrogens (tertiary/aromatic N) is 1. The Hall–Kier alpha value is -1.19. The van der Waals surface area contributed by atoms with E-state index in [0.29, 0.717) is 10.4 Å². The molecule has 0 atom stereocenters. The highest BCUT2D eigenvalue weighted by atomic mass is 28.2. The molecule has 0 aliphatic heterocycles. The van der Waals surface area contributed by atoms with Gasteiger partial charge in [-0.15, -0.1) is 0 Å². The smallest absolute Gasteiger partial charge is 0.330 e. The Kier molecular flexibility index (Phi) is 9.04. The predicted molar refractivity (Wildman–Crippen MR) is 40.5 cm³/mol. The van der Waals surface area contributed by atoms with Crippen molar-refractivity contribution in [2.45, 2.75) is 6.92 Å². The van der Waals surface area contributed by atoms with Crippen LogP contribution in [0.15, 0.2) is 16.8 Å².